The van der Waals surface area contributed by atoms with Crippen molar-refractivity contribution in [2.45, 2.75) is 59.2 Å². The van der Waals surface area contributed by atoms with Gasteiger partial charge in [0, 0.05) is 31.8 Å². The van der Waals surface area contributed by atoms with E-state index < -0.39 is 0 Å². The Bertz CT molecular complexity index is 301. The third kappa shape index (κ3) is 8.05. The molecule has 6 nitrogen and oxygen atoms in total. The Hall–Kier alpha value is -0.0452. The first-order chi connectivity index (χ1) is 10.7. The lowest BCUT2D eigenvalue weighted by Crippen LogP contribution is -2.41. The molecule has 0 bridgehead atoms. The Morgan fingerprint density at radius 3 is 1.22 bits per heavy atom. The Morgan fingerprint density at radius 1 is 0.609 bits per heavy atom. The normalized spacial score (nSPS) is 26.9. The number of hydrogen-bond acceptors (Lipinski definition) is 6. The van der Waals surface area contributed by atoms with Crippen LogP contribution in [0.4, 0.5) is 0 Å². The highest BCUT2D eigenvalue weighted by molar-refractivity contribution is 6.19. The van der Waals surface area contributed by atoms with Crippen molar-refractivity contribution in [2.24, 2.45) is 5.41 Å². The predicted molar refractivity (Wildman–Crippen MR) is 89.8 cm³/mol. The monoisotopic (exact) mass is 325 g/mol. The second-order valence-corrected chi connectivity index (χ2v) is 7.43. The summed E-state index contributed by atoms with van der Waals surface area (Å²) in [6.45, 7) is 15.4. The molecule has 0 aromatic carbocycles. The highest BCUT2D eigenvalue weighted by atomic mass is 16.7. The lowest BCUT2D eigenvalue weighted by Gasteiger charge is -2.32. The molecule has 3 fully saturated rings. The molecule has 3 aliphatic heterocycles. The molecule has 3 radical (unpaired) electrons. The van der Waals surface area contributed by atoms with Gasteiger partial charge in [0.1, 0.15) is 0 Å². The summed E-state index contributed by atoms with van der Waals surface area (Å²) < 4.78 is 29.7. The van der Waals surface area contributed by atoms with Crippen LogP contribution < -0.4 is 0 Å². The smallest absolute Gasteiger partial charge is 0.413 e. The summed E-state index contributed by atoms with van der Waals surface area (Å²) in [4.78, 5) is 0. The van der Waals surface area contributed by atoms with Gasteiger partial charge < -0.3 is 27.9 Å². The zero-order valence-electron chi connectivity index (χ0n) is 15.2. The van der Waals surface area contributed by atoms with Crippen LogP contribution in [0.25, 0.3) is 0 Å². The minimum absolute atomic E-state index is 0.187. The third-order valence-corrected chi connectivity index (χ3v) is 3.88. The average Bonchev–Trinajstić information content (AvgIpc) is 2.74. The lowest BCUT2D eigenvalue weighted by molar-refractivity contribution is 0.00578. The first-order valence-corrected chi connectivity index (χ1v) is 7.93. The van der Waals surface area contributed by atoms with E-state index in [1.54, 1.807) is 0 Å². The zero-order valence-corrected chi connectivity index (χ0v) is 15.2. The van der Waals surface area contributed by atoms with Gasteiger partial charge in [-0.2, -0.15) is 0 Å². The van der Waals surface area contributed by atoms with Gasteiger partial charge >= 0.3 is 23.1 Å². The molecule has 0 atom stereocenters. The first-order valence-electron chi connectivity index (χ1n) is 7.93. The van der Waals surface area contributed by atoms with E-state index in [0.717, 1.165) is 32.8 Å². The van der Waals surface area contributed by atoms with Crippen molar-refractivity contribution >= 4 is 23.1 Å². The molecule has 3 rings (SSSR count). The van der Waals surface area contributed by atoms with Crippen LogP contribution >= 0.6 is 0 Å². The standard InChI is InChI=1S/C6H12BO2.C5H10BO2.C3H6BO2/c1-5(2)6(3,4)9-7-8-5;1-5(2)3-7-6-8-4-5;1-2-5-4-6-3-1/h1-4H3;3-4H2,1-2H3;1-3H2. The average molecular weight is 325 g/mol. The minimum Gasteiger partial charge on any atom is -0.413 e. The van der Waals surface area contributed by atoms with Crippen molar-refractivity contribution in [1.82, 2.24) is 0 Å². The first kappa shape index (κ1) is 21.0. The molecule has 3 heterocycles. The van der Waals surface area contributed by atoms with E-state index in [2.05, 4.69) is 13.8 Å². The summed E-state index contributed by atoms with van der Waals surface area (Å²) in [5, 5.41) is 0. The molecule has 0 aromatic heterocycles. The zero-order chi connectivity index (χ0) is 17.4. The second kappa shape index (κ2) is 9.44. The maximum absolute atomic E-state index is 5.21. The van der Waals surface area contributed by atoms with Crippen molar-refractivity contribution in [3.05, 3.63) is 0 Å². The van der Waals surface area contributed by atoms with Gasteiger partial charge in [-0.05, 0) is 34.1 Å². The highest BCUT2D eigenvalue weighted by Crippen LogP contribution is 2.33. The molecular formula is C14H28B3O6. The molecule has 0 unspecified atom stereocenters. The molecule has 0 saturated carbocycles. The van der Waals surface area contributed by atoms with Gasteiger partial charge in [-0.1, -0.05) is 13.8 Å². The van der Waals surface area contributed by atoms with Gasteiger partial charge in [0.2, 0.25) is 0 Å². The van der Waals surface area contributed by atoms with Crippen LogP contribution in [0.3, 0.4) is 0 Å². The van der Waals surface area contributed by atoms with Crippen LogP contribution in [-0.2, 0) is 27.9 Å². The summed E-state index contributed by atoms with van der Waals surface area (Å²) in [6, 6.07) is 0. The van der Waals surface area contributed by atoms with Crippen LogP contribution in [0.1, 0.15) is 48.0 Å². The molecule has 0 N–H and O–H groups in total. The maximum Gasteiger partial charge on any atom is 0.488 e. The van der Waals surface area contributed by atoms with Crippen molar-refractivity contribution < 1.29 is 27.9 Å². The summed E-state index contributed by atoms with van der Waals surface area (Å²) >= 11 is 0. The van der Waals surface area contributed by atoms with E-state index >= 15 is 0 Å². The molecule has 9 heteroatoms. The summed E-state index contributed by atoms with van der Waals surface area (Å²) in [5.41, 5.74) is -0.172. The molecule has 0 spiro atoms. The molecule has 0 aliphatic carbocycles. The summed E-state index contributed by atoms with van der Waals surface area (Å²) in [5.74, 6) is 0. The van der Waals surface area contributed by atoms with Gasteiger partial charge in [0.15, 0.2) is 0 Å². The molecular weight excluding hydrogens is 297 g/mol. The fourth-order valence-electron chi connectivity index (χ4n) is 1.53. The largest absolute Gasteiger partial charge is 0.488 e. The van der Waals surface area contributed by atoms with E-state index in [0.29, 0.717) is 0 Å². The Morgan fingerprint density at radius 2 is 1.04 bits per heavy atom. The van der Waals surface area contributed by atoms with Gasteiger partial charge in [-0.3, -0.25) is 0 Å². The van der Waals surface area contributed by atoms with E-state index in [1.807, 2.05) is 27.7 Å². The highest BCUT2D eigenvalue weighted by Gasteiger charge is 2.44. The van der Waals surface area contributed by atoms with Gasteiger partial charge in [-0.15, -0.1) is 0 Å². The quantitative estimate of drug-likeness (QED) is 0.632. The van der Waals surface area contributed by atoms with Crippen LogP contribution in [-0.4, -0.2) is 60.7 Å². The lowest BCUT2D eigenvalue weighted by atomic mass is 9.90. The Kier molecular flexibility index (Phi) is 8.62. The topological polar surface area (TPSA) is 55.4 Å². The van der Waals surface area contributed by atoms with Crippen molar-refractivity contribution in [2.75, 3.05) is 26.4 Å². The minimum atomic E-state index is -0.188. The van der Waals surface area contributed by atoms with E-state index in [9.17, 15) is 0 Å². The molecule has 23 heavy (non-hydrogen) atoms. The van der Waals surface area contributed by atoms with Crippen LogP contribution in [0, 0.1) is 5.41 Å². The van der Waals surface area contributed by atoms with E-state index in [4.69, 9.17) is 27.9 Å². The fraction of sp³-hybridized carbons (Fsp3) is 1.00. The third-order valence-electron chi connectivity index (χ3n) is 3.88. The molecule has 3 saturated heterocycles. The summed E-state index contributed by atoms with van der Waals surface area (Å²) in [7, 11) is 4.22. The number of hydrogen-bond donors (Lipinski definition) is 0. The van der Waals surface area contributed by atoms with E-state index in [-0.39, 0.29) is 16.6 Å². The molecule has 0 aromatic rings. The maximum atomic E-state index is 5.21. The SMILES string of the molecule is CC1(C)CO[B]OC1.CC1(C)O[B]OC1(C)C.[B]1OCCCO1. The van der Waals surface area contributed by atoms with Crippen LogP contribution in [0.2, 0.25) is 0 Å². The van der Waals surface area contributed by atoms with Crippen molar-refractivity contribution in [3.8, 4) is 0 Å². The number of rotatable bonds is 0. The van der Waals surface area contributed by atoms with Gasteiger partial charge in [0.05, 0.1) is 11.2 Å². The Labute approximate surface area is 142 Å². The van der Waals surface area contributed by atoms with Crippen LogP contribution in [0.15, 0.2) is 0 Å². The van der Waals surface area contributed by atoms with Gasteiger partial charge in [0.25, 0.3) is 0 Å². The second-order valence-electron chi connectivity index (χ2n) is 7.43. The molecule has 3 aliphatic rings. The Balaban J connectivity index is 0.000000176. The molecule has 129 valence electrons. The van der Waals surface area contributed by atoms with Crippen molar-refractivity contribution in [1.29, 1.82) is 0 Å². The van der Waals surface area contributed by atoms with E-state index in [1.165, 1.54) is 23.1 Å². The summed E-state index contributed by atoms with van der Waals surface area (Å²) in [6.07, 6.45) is 1.02. The van der Waals surface area contributed by atoms with Gasteiger partial charge in [-0.25, -0.2) is 0 Å². The predicted octanol–water partition coefficient (Wildman–Crippen LogP) is 1.68. The van der Waals surface area contributed by atoms with Crippen molar-refractivity contribution in [3.63, 3.8) is 0 Å². The van der Waals surface area contributed by atoms with Crippen LogP contribution in [0.5, 0.6) is 0 Å². The molecule has 0 amide bonds. The fourth-order valence-corrected chi connectivity index (χ4v) is 1.53.